The summed E-state index contributed by atoms with van der Waals surface area (Å²) in [6.45, 7) is 0. The zero-order valence-corrected chi connectivity index (χ0v) is 27.3. The van der Waals surface area contributed by atoms with Gasteiger partial charge in [0.2, 0.25) is 0 Å². The molecule has 2 heterocycles. The lowest BCUT2D eigenvalue weighted by atomic mass is 9.97. The first-order valence-corrected chi connectivity index (χ1v) is 17.4. The van der Waals surface area contributed by atoms with Gasteiger partial charge in [-0.2, -0.15) is 0 Å². The molecule has 0 aliphatic heterocycles. The summed E-state index contributed by atoms with van der Waals surface area (Å²) in [5, 5.41) is 7.43. The zero-order chi connectivity index (χ0) is 32.3. The predicted molar refractivity (Wildman–Crippen MR) is 210 cm³/mol. The fourth-order valence-electron chi connectivity index (χ4n) is 7.32. The van der Waals surface area contributed by atoms with E-state index in [2.05, 4.69) is 181 Å². The van der Waals surface area contributed by atoms with Gasteiger partial charge in [0.1, 0.15) is 11.2 Å². The highest BCUT2D eigenvalue weighted by molar-refractivity contribution is 7.26. The average molecular weight is 644 g/mol. The van der Waals surface area contributed by atoms with Crippen molar-refractivity contribution in [1.82, 2.24) is 0 Å². The molecule has 0 aliphatic carbocycles. The summed E-state index contributed by atoms with van der Waals surface area (Å²) in [5.74, 6) is 0. The summed E-state index contributed by atoms with van der Waals surface area (Å²) >= 11 is 1.88. The minimum absolute atomic E-state index is 0.881. The summed E-state index contributed by atoms with van der Waals surface area (Å²) in [7, 11) is 0. The summed E-state index contributed by atoms with van der Waals surface area (Å²) in [6, 6.07) is 63.1. The Morgan fingerprint density at radius 3 is 1.96 bits per heavy atom. The van der Waals surface area contributed by atoms with E-state index in [9.17, 15) is 0 Å². The maximum absolute atomic E-state index is 6.46. The lowest BCUT2D eigenvalue weighted by Crippen LogP contribution is -2.09. The van der Waals surface area contributed by atoms with Gasteiger partial charge in [-0.3, -0.25) is 0 Å². The van der Waals surface area contributed by atoms with Crippen LogP contribution < -0.4 is 4.90 Å². The lowest BCUT2D eigenvalue weighted by molar-refractivity contribution is 0.669. The molecule has 8 aromatic carbocycles. The van der Waals surface area contributed by atoms with Crippen molar-refractivity contribution >= 4 is 81.3 Å². The maximum atomic E-state index is 6.46. The number of fused-ring (bicyclic) bond motifs is 8. The van der Waals surface area contributed by atoms with E-state index in [0.29, 0.717) is 0 Å². The zero-order valence-electron chi connectivity index (χ0n) is 26.5. The van der Waals surface area contributed by atoms with E-state index in [4.69, 9.17) is 4.42 Å². The summed E-state index contributed by atoms with van der Waals surface area (Å²) in [6.07, 6.45) is 0. The summed E-state index contributed by atoms with van der Waals surface area (Å²) < 4.78 is 9.08. The van der Waals surface area contributed by atoms with Gasteiger partial charge in [-0.25, -0.2) is 0 Å². The van der Waals surface area contributed by atoms with Crippen LogP contribution in [0.25, 0.3) is 75.1 Å². The van der Waals surface area contributed by atoms with Crippen LogP contribution in [-0.2, 0) is 0 Å². The molecule has 10 aromatic rings. The van der Waals surface area contributed by atoms with Gasteiger partial charge in [-0.1, -0.05) is 127 Å². The number of para-hydroxylation sites is 1. The first-order chi connectivity index (χ1) is 24.3. The molecule has 0 spiro atoms. The van der Waals surface area contributed by atoms with Crippen LogP contribution in [0.4, 0.5) is 17.1 Å². The molecule has 0 bridgehead atoms. The molecule has 0 radical (unpaired) electrons. The monoisotopic (exact) mass is 643 g/mol. The molecule has 0 amide bonds. The standard InChI is InChI=1S/C46H29NOS/c1-3-10-30(11-4-1)31-18-20-33(21-19-31)37-16-9-17-43-45(37)41-28-35(24-27-42(41)48-43)47(34-13-5-2-6-14-34)36-23-26-39-40-25-22-32-12-7-8-15-38(32)46(40)49-44(39)29-36/h1-29H. The second-order valence-corrected chi connectivity index (χ2v) is 13.6. The van der Waals surface area contributed by atoms with Crippen molar-refractivity contribution in [2.24, 2.45) is 0 Å². The molecule has 2 nitrogen and oxygen atoms in total. The Balaban J connectivity index is 1.13. The van der Waals surface area contributed by atoms with E-state index in [-0.39, 0.29) is 0 Å². The largest absolute Gasteiger partial charge is 0.456 e. The number of nitrogens with zero attached hydrogens (tertiary/aromatic N) is 1. The predicted octanol–water partition coefficient (Wildman–Crippen LogP) is 13.9. The number of hydrogen-bond acceptors (Lipinski definition) is 3. The Kier molecular flexibility index (Phi) is 6.39. The first-order valence-electron chi connectivity index (χ1n) is 16.6. The molecule has 2 aromatic heterocycles. The fourth-order valence-corrected chi connectivity index (χ4v) is 8.59. The number of hydrogen-bond donors (Lipinski definition) is 0. The Labute approximate surface area is 287 Å². The third kappa shape index (κ3) is 4.62. The van der Waals surface area contributed by atoms with Gasteiger partial charge >= 0.3 is 0 Å². The van der Waals surface area contributed by atoms with Gasteiger partial charge in [0, 0.05) is 48.0 Å². The highest BCUT2D eigenvalue weighted by Crippen LogP contribution is 2.44. The van der Waals surface area contributed by atoms with Crippen molar-refractivity contribution in [3.8, 4) is 22.3 Å². The van der Waals surface area contributed by atoms with Crippen LogP contribution in [0.2, 0.25) is 0 Å². The quantitative estimate of drug-likeness (QED) is 0.186. The van der Waals surface area contributed by atoms with Crippen molar-refractivity contribution < 1.29 is 4.42 Å². The van der Waals surface area contributed by atoms with E-state index in [1.54, 1.807) is 0 Å². The minimum atomic E-state index is 0.881. The molecule has 0 unspecified atom stereocenters. The van der Waals surface area contributed by atoms with Crippen molar-refractivity contribution in [1.29, 1.82) is 0 Å². The second kappa shape index (κ2) is 11.2. The molecule has 0 saturated heterocycles. The van der Waals surface area contributed by atoms with Crippen molar-refractivity contribution in [3.63, 3.8) is 0 Å². The molecule has 0 aliphatic rings. The van der Waals surface area contributed by atoms with Crippen LogP contribution in [0.3, 0.4) is 0 Å². The van der Waals surface area contributed by atoms with E-state index >= 15 is 0 Å². The van der Waals surface area contributed by atoms with Crippen molar-refractivity contribution in [2.45, 2.75) is 0 Å². The molecular weight excluding hydrogens is 615 g/mol. The fraction of sp³-hybridized carbons (Fsp3) is 0. The van der Waals surface area contributed by atoms with E-state index in [1.165, 1.54) is 47.6 Å². The summed E-state index contributed by atoms with van der Waals surface area (Å²) in [4.78, 5) is 2.36. The average Bonchev–Trinajstić information content (AvgIpc) is 3.74. The lowest BCUT2D eigenvalue weighted by Gasteiger charge is -2.25. The molecule has 0 fully saturated rings. The Hall–Kier alpha value is -6.16. The van der Waals surface area contributed by atoms with Gasteiger partial charge in [-0.15, -0.1) is 11.3 Å². The number of thiophene rings is 1. The smallest absolute Gasteiger partial charge is 0.136 e. The van der Waals surface area contributed by atoms with E-state index in [0.717, 1.165) is 44.6 Å². The van der Waals surface area contributed by atoms with Gasteiger partial charge in [0.25, 0.3) is 0 Å². The highest BCUT2D eigenvalue weighted by atomic mass is 32.1. The topological polar surface area (TPSA) is 16.4 Å². The van der Waals surface area contributed by atoms with Crippen LogP contribution in [0.5, 0.6) is 0 Å². The third-order valence-electron chi connectivity index (χ3n) is 9.66. The molecule has 0 N–H and O–H groups in total. The third-order valence-corrected chi connectivity index (χ3v) is 10.9. The van der Waals surface area contributed by atoms with E-state index < -0.39 is 0 Å². The van der Waals surface area contributed by atoms with E-state index in [1.807, 2.05) is 11.3 Å². The normalized spacial score (nSPS) is 11.7. The molecule has 0 saturated carbocycles. The van der Waals surface area contributed by atoms with Gasteiger partial charge < -0.3 is 9.32 Å². The van der Waals surface area contributed by atoms with Crippen LogP contribution in [0.15, 0.2) is 180 Å². The molecular formula is C46H29NOS. The molecule has 230 valence electrons. The molecule has 3 heteroatoms. The molecule has 10 rings (SSSR count). The van der Waals surface area contributed by atoms with Crippen LogP contribution >= 0.6 is 11.3 Å². The Morgan fingerprint density at radius 2 is 1.10 bits per heavy atom. The first kappa shape index (κ1) is 27.9. The van der Waals surface area contributed by atoms with Crippen LogP contribution in [0.1, 0.15) is 0 Å². The van der Waals surface area contributed by atoms with Crippen molar-refractivity contribution in [2.75, 3.05) is 4.90 Å². The Morgan fingerprint density at radius 1 is 0.408 bits per heavy atom. The number of furan rings is 1. The highest BCUT2D eigenvalue weighted by Gasteiger charge is 2.19. The molecule has 0 atom stereocenters. The SMILES string of the molecule is c1ccc(-c2ccc(-c3cccc4oc5ccc(N(c6ccccc6)c6ccc7c(c6)sc6c8ccccc8ccc76)cc5c34)cc2)cc1. The molecule has 49 heavy (non-hydrogen) atoms. The summed E-state index contributed by atoms with van der Waals surface area (Å²) in [5.41, 5.74) is 9.84. The van der Waals surface area contributed by atoms with Crippen LogP contribution in [0, 0.1) is 0 Å². The van der Waals surface area contributed by atoms with Gasteiger partial charge in [-0.05, 0) is 81.6 Å². The number of anilines is 3. The second-order valence-electron chi connectivity index (χ2n) is 12.5. The maximum Gasteiger partial charge on any atom is 0.136 e. The van der Waals surface area contributed by atoms with Crippen molar-refractivity contribution in [3.05, 3.63) is 176 Å². The Bertz CT molecular complexity index is 2810. The van der Waals surface area contributed by atoms with Gasteiger partial charge in [0.05, 0.1) is 0 Å². The number of benzene rings is 8. The minimum Gasteiger partial charge on any atom is -0.456 e. The van der Waals surface area contributed by atoms with Crippen LogP contribution in [-0.4, -0.2) is 0 Å². The van der Waals surface area contributed by atoms with Gasteiger partial charge in [0.15, 0.2) is 0 Å². The number of rotatable bonds is 5.